The van der Waals surface area contributed by atoms with Crippen LogP contribution in [0.25, 0.3) is 11.2 Å². The van der Waals surface area contributed by atoms with Gasteiger partial charge in [0, 0.05) is 19.4 Å². The van der Waals surface area contributed by atoms with Crippen LogP contribution in [-0.2, 0) is 11.3 Å². The van der Waals surface area contributed by atoms with Crippen LogP contribution in [0.15, 0.2) is 11.1 Å². The van der Waals surface area contributed by atoms with Gasteiger partial charge in [0.1, 0.15) is 18.6 Å². The Kier molecular flexibility index (Phi) is 3.34. The molecule has 4 atom stereocenters. The summed E-state index contributed by atoms with van der Waals surface area (Å²) in [6.45, 7) is 0.0763. The smallest absolute Gasteiger partial charge is 0.283 e. The molecule has 0 saturated carbocycles. The number of aliphatic hydroxyl groups is 3. The first-order valence-corrected chi connectivity index (χ1v) is 7.45. The van der Waals surface area contributed by atoms with E-state index in [4.69, 9.17) is 4.74 Å². The van der Waals surface area contributed by atoms with Crippen molar-refractivity contribution in [1.29, 1.82) is 0 Å². The molecule has 0 amide bonds. The number of hydrogen-bond acceptors (Lipinski definition) is 8. The van der Waals surface area contributed by atoms with Gasteiger partial charge in [0.2, 0.25) is 5.95 Å². The van der Waals surface area contributed by atoms with Gasteiger partial charge < -0.3 is 25.4 Å². The molecular weight excluding hydrogens is 306 g/mol. The zero-order chi connectivity index (χ0) is 16.1. The zero-order valence-corrected chi connectivity index (χ0v) is 12.2. The minimum absolute atomic E-state index is 0.206. The first-order chi connectivity index (χ1) is 11.1. The van der Waals surface area contributed by atoms with Gasteiger partial charge in [0.15, 0.2) is 11.2 Å². The molecular formula is C13H17N5O5. The van der Waals surface area contributed by atoms with E-state index in [0.29, 0.717) is 18.6 Å². The molecule has 2 aliphatic heterocycles. The maximum absolute atomic E-state index is 12.5. The maximum Gasteiger partial charge on any atom is 0.283 e. The Morgan fingerprint density at radius 2 is 2.26 bits per heavy atom. The second-order valence-corrected chi connectivity index (χ2v) is 5.78. The molecule has 2 aromatic heterocycles. The Labute approximate surface area is 130 Å². The lowest BCUT2D eigenvalue weighted by atomic mass is 10.2. The number of rotatable bonds is 2. The second kappa shape index (κ2) is 5.27. The Morgan fingerprint density at radius 3 is 3.00 bits per heavy atom. The number of aromatic nitrogens is 4. The summed E-state index contributed by atoms with van der Waals surface area (Å²) in [6.07, 6.45) is -0.644. The van der Waals surface area contributed by atoms with Gasteiger partial charge in [-0.05, 0) is 0 Å². The number of anilines is 1. The molecule has 2 aromatic rings. The summed E-state index contributed by atoms with van der Waals surface area (Å²) in [7, 11) is 0. The minimum Gasteiger partial charge on any atom is -0.394 e. The van der Waals surface area contributed by atoms with Crippen molar-refractivity contribution in [1.82, 2.24) is 19.1 Å². The predicted molar refractivity (Wildman–Crippen MR) is 77.7 cm³/mol. The van der Waals surface area contributed by atoms with Gasteiger partial charge >= 0.3 is 0 Å². The van der Waals surface area contributed by atoms with Crippen molar-refractivity contribution in [3.8, 4) is 0 Å². The standard InChI is InChI=1S/C13H17N5O5/c19-4-7-6(20)3-9(23-7)18-5-14-10-11(18)16-13-15-8(21)1-2-17(13)12(10)22/h5-9,19-21H,1-4H2,(H,15,16)/t6?,7-,8?,9+/m0/s1. The Hall–Kier alpha value is -2.01. The largest absolute Gasteiger partial charge is 0.394 e. The van der Waals surface area contributed by atoms with E-state index >= 15 is 0 Å². The SMILES string of the molecule is O=c1c2ncn([C@H]3CC(O)[C@H](CO)O3)c2nc2n1CCC(O)N2. The molecule has 0 aliphatic carbocycles. The molecule has 23 heavy (non-hydrogen) atoms. The van der Waals surface area contributed by atoms with Gasteiger partial charge in [0.05, 0.1) is 19.0 Å². The molecule has 10 nitrogen and oxygen atoms in total. The molecule has 4 N–H and O–H groups in total. The average Bonchev–Trinajstić information content (AvgIpc) is 3.10. The monoisotopic (exact) mass is 323 g/mol. The molecule has 4 rings (SSSR count). The van der Waals surface area contributed by atoms with Crippen molar-refractivity contribution in [2.24, 2.45) is 0 Å². The normalized spacial score (nSPS) is 30.4. The summed E-state index contributed by atoms with van der Waals surface area (Å²) in [5.41, 5.74) is 0.233. The lowest BCUT2D eigenvalue weighted by molar-refractivity contribution is -0.0432. The van der Waals surface area contributed by atoms with Gasteiger partial charge in [-0.15, -0.1) is 0 Å². The number of nitrogens with zero attached hydrogens (tertiary/aromatic N) is 4. The molecule has 1 saturated heterocycles. The number of aliphatic hydroxyl groups excluding tert-OH is 3. The molecule has 1 fully saturated rings. The third kappa shape index (κ3) is 2.22. The van der Waals surface area contributed by atoms with E-state index in [9.17, 15) is 20.1 Å². The van der Waals surface area contributed by atoms with E-state index in [-0.39, 0.29) is 30.1 Å². The maximum atomic E-state index is 12.5. The fraction of sp³-hybridized carbons (Fsp3) is 0.615. The highest BCUT2D eigenvalue weighted by molar-refractivity contribution is 5.71. The zero-order valence-electron chi connectivity index (χ0n) is 12.2. The summed E-state index contributed by atoms with van der Waals surface area (Å²) in [6, 6.07) is 0. The third-order valence-corrected chi connectivity index (χ3v) is 4.30. The second-order valence-electron chi connectivity index (χ2n) is 5.78. The lowest BCUT2D eigenvalue weighted by Gasteiger charge is -2.23. The van der Waals surface area contributed by atoms with Crippen LogP contribution in [0.3, 0.4) is 0 Å². The van der Waals surface area contributed by atoms with Crippen LogP contribution >= 0.6 is 0 Å². The number of hydrogen-bond donors (Lipinski definition) is 4. The van der Waals surface area contributed by atoms with E-state index in [1.807, 2.05) is 0 Å². The lowest BCUT2D eigenvalue weighted by Crippen LogP contribution is -2.36. The molecule has 2 aliphatic rings. The van der Waals surface area contributed by atoms with Crippen LogP contribution in [-0.4, -0.2) is 59.5 Å². The summed E-state index contributed by atoms with van der Waals surface area (Å²) in [5, 5.41) is 31.5. The summed E-state index contributed by atoms with van der Waals surface area (Å²) < 4.78 is 8.59. The van der Waals surface area contributed by atoms with Crippen LogP contribution in [0.4, 0.5) is 5.95 Å². The van der Waals surface area contributed by atoms with Crippen LogP contribution < -0.4 is 10.9 Å². The highest BCUT2D eigenvalue weighted by atomic mass is 16.5. The van der Waals surface area contributed by atoms with Crippen molar-refractivity contribution in [3.05, 3.63) is 16.7 Å². The van der Waals surface area contributed by atoms with Crippen molar-refractivity contribution in [2.75, 3.05) is 11.9 Å². The molecule has 0 spiro atoms. The fourth-order valence-electron chi connectivity index (χ4n) is 3.05. The van der Waals surface area contributed by atoms with Gasteiger partial charge in [-0.3, -0.25) is 13.9 Å². The van der Waals surface area contributed by atoms with Gasteiger partial charge in [-0.25, -0.2) is 4.98 Å². The summed E-state index contributed by atoms with van der Waals surface area (Å²) in [5.74, 6) is 0.278. The van der Waals surface area contributed by atoms with Gasteiger partial charge in [0.25, 0.3) is 5.56 Å². The molecule has 4 heterocycles. The fourth-order valence-corrected chi connectivity index (χ4v) is 3.05. The van der Waals surface area contributed by atoms with E-state index in [0.717, 1.165) is 0 Å². The van der Waals surface area contributed by atoms with Crippen molar-refractivity contribution >= 4 is 17.1 Å². The quantitative estimate of drug-likeness (QED) is 0.517. The van der Waals surface area contributed by atoms with Crippen molar-refractivity contribution < 1.29 is 20.1 Å². The summed E-state index contributed by atoms with van der Waals surface area (Å²) in [4.78, 5) is 21.0. The molecule has 124 valence electrons. The third-order valence-electron chi connectivity index (χ3n) is 4.30. The van der Waals surface area contributed by atoms with Crippen LogP contribution in [0, 0.1) is 0 Å². The summed E-state index contributed by atoms with van der Waals surface area (Å²) >= 11 is 0. The van der Waals surface area contributed by atoms with Gasteiger partial charge in [-0.2, -0.15) is 4.98 Å². The Balaban J connectivity index is 1.79. The van der Waals surface area contributed by atoms with Crippen molar-refractivity contribution in [2.45, 2.75) is 44.1 Å². The number of ether oxygens (including phenoxy) is 1. The van der Waals surface area contributed by atoms with Crippen LogP contribution in [0.2, 0.25) is 0 Å². The first kappa shape index (κ1) is 14.6. The van der Waals surface area contributed by atoms with Gasteiger partial charge in [-0.1, -0.05) is 0 Å². The van der Waals surface area contributed by atoms with Crippen LogP contribution in [0.1, 0.15) is 19.1 Å². The Morgan fingerprint density at radius 1 is 1.43 bits per heavy atom. The molecule has 10 heteroatoms. The highest BCUT2D eigenvalue weighted by Gasteiger charge is 2.35. The minimum atomic E-state index is -0.791. The molecule has 0 aromatic carbocycles. The molecule has 0 radical (unpaired) electrons. The van der Waals surface area contributed by atoms with Crippen LogP contribution in [0.5, 0.6) is 0 Å². The Bertz CT molecular complexity index is 802. The number of nitrogens with one attached hydrogen (secondary N) is 1. The number of fused-ring (bicyclic) bond motifs is 2. The van der Waals surface area contributed by atoms with E-state index in [1.54, 1.807) is 4.57 Å². The highest BCUT2D eigenvalue weighted by Crippen LogP contribution is 2.30. The molecule has 0 bridgehead atoms. The average molecular weight is 323 g/mol. The molecule has 2 unspecified atom stereocenters. The predicted octanol–water partition coefficient (Wildman–Crippen LogP) is -1.63. The first-order valence-electron chi connectivity index (χ1n) is 7.45. The van der Waals surface area contributed by atoms with Crippen molar-refractivity contribution in [3.63, 3.8) is 0 Å². The topological polar surface area (TPSA) is 135 Å². The number of imidazole rings is 1. The van der Waals surface area contributed by atoms with E-state index in [2.05, 4.69) is 15.3 Å². The van der Waals surface area contributed by atoms with E-state index < -0.39 is 24.7 Å². The van der Waals surface area contributed by atoms with E-state index in [1.165, 1.54) is 10.9 Å².